The smallest absolute Gasteiger partial charge is 0.367 e. The average Bonchev–Trinajstić information content (AvgIpc) is 3.40. The minimum atomic E-state index is -4.53. The number of hydrogen-bond donors (Lipinski definition) is 2. The lowest BCUT2D eigenvalue weighted by Gasteiger charge is -2.19. The van der Waals surface area contributed by atoms with Crippen molar-refractivity contribution in [3.8, 4) is 0 Å². The number of benzene rings is 2. The van der Waals surface area contributed by atoms with Crippen molar-refractivity contribution in [2.24, 2.45) is 5.41 Å². The number of amides is 1. The molecule has 1 unspecified atom stereocenters. The van der Waals surface area contributed by atoms with Gasteiger partial charge in [0, 0.05) is 5.56 Å². The van der Waals surface area contributed by atoms with Crippen molar-refractivity contribution in [3.63, 3.8) is 0 Å². The zero-order valence-electron chi connectivity index (χ0n) is 14.2. The minimum absolute atomic E-state index is 0.156. The van der Waals surface area contributed by atoms with E-state index in [9.17, 15) is 18.0 Å². The molecule has 2 aliphatic rings. The highest BCUT2D eigenvalue weighted by Gasteiger charge is 2.68. The van der Waals surface area contributed by atoms with Crippen molar-refractivity contribution < 1.29 is 18.0 Å². The summed E-state index contributed by atoms with van der Waals surface area (Å²) in [6, 6.07) is 18.9. The topological polar surface area (TPSA) is 41.1 Å². The van der Waals surface area contributed by atoms with E-state index in [2.05, 4.69) is 10.6 Å². The molecule has 2 aromatic carbocycles. The summed E-state index contributed by atoms with van der Waals surface area (Å²) in [5.41, 5.74) is 0.196. The molecule has 0 spiro atoms. The van der Waals surface area contributed by atoms with Crippen LogP contribution in [-0.4, -0.2) is 12.1 Å². The van der Waals surface area contributed by atoms with Gasteiger partial charge >= 0.3 is 6.18 Å². The van der Waals surface area contributed by atoms with Crippen LogP contribution in [0.15, 0.2) is 65.7 Å². The van der Waals surface area contributed by atoms with Crippen LogP contribution < -0.4 is 10.6 Å². The van der Waals surface area contributed by atoms with Gasteiger partial charge in [-0.05, 0) is 18.4 Å². The Kier molecular flexibility index (Phi) is 4.42. The first kappa shape index (κ1) is 18.0. The quantitative estimate of drug-likeness (QED) is 0.788. The second-order valence-electron chi connectivity index (χ2n) is 6.66. The highest BCUT2D eigenvalue weighted by atomic mass is 32.2. The Labute approximate surface area is 159 Å². The van der Waals surface area contributed by atoms with E-state index >= 15 is 0 Å². The normalized spacial score (nSPS) is 20.9. The largest absolute Gasteiger partial charge is 0.403 e. The molecule has 0 radical (unpaired) electrons. The van der Waals surface area contributed by atoms with Crippen molar-refractivity contribution in [1.29, 1.82) is 0 Å². The minimum Gasteiger partial charge on any atom is -0.367 e. The van der Waals surface area contributed by atoms with E-state index in [-0.39, 0.29) is 18.2 Å². The number of thioether (sulfide) groups is 1. The molecule has 2 aromatic rings. The molecule has 4 rings (SSSR count). The average molecular weight is 390 g/mol. The van der Waals surface area contributed by atoms with Crippen LogP contribution in [-0.2, 0) is 4.79 Å². The molecular weight excluding hydrogens is 373 g/mol. The van der Waals surface area contributed by atoms with E-state index in [4.69, 9.17) is 0 Å². The summed E-state index contributed by atoms with van der Waals surface area (Å²) in [5, 5.41) is 6.14. The number of carbonyl (C=O) groups excluding carboxylic acids is 1. The molecule has 2 N–H and O–H groups in total. The Balaban J connectivity index is 1.63. The third-order valence-corrected chi connectivity index (χ3v) is 6.02. The Morgan fingerprint density at radius 1 is 1.04 bits per heavy atom. The van der Waals surface area contributed by atoms with Crippen molar-refractivity contribution in [3.05, 3.63) is 76.8 Å². The summed E-state index contributed by atoms with van der Waals surface area (Å²) in [6.07, 6.45) is -4.84. The number of halogens is 3. The van der Waals surface area contributed by atoms with Crippen molar-refractivity contribution in [2.45, 2.75) is 24.4 Å². The zero-order valence-corrected chi connectivity index (χ0v) is 15.0. The molecule has 1 aliphatic heterocycles. The number of hydrogen-bond acceptors (Lipinski definition) is 3. The van der Waals surface area contributed by atoms with Crippen molar-refractivity contribution >= 4 is 23.4 Å². The first-order chi connectivity index (χ1) is 12.9. The van der Waals surface area contributed by atoms with Crippen LogP contribution in [0.2, 0.25) is 0 Å². The van der Waals surface area contributed by atoms with E-state index in [1.54, 1.807) is 0 Å². The molecule has 3 nitrogen and oxygen atoms in total. The van der Waals surface area contributed by atoms with E-state index < -0.39 is 17.5 Å². The lowest BCUT2D eigenvalue weighted by Crippen LogP contribution is -2.40. The van der Waals surface area contributed by atoms with E-state index in [1.165, 1.54) is 11.8 Å². The van der Waals surface area contributed by atoms with Gasteiger partial charge in [-0.1, -0.05) is 72.4 Å². The van der Waals surface area contributed by atoms with Crippen LogP contribution in [0, 0.1) is 5.41 Å². The van der Waals surface area contributed by atoms with Crippen LogP contribution in [0.3, 0.4) is 0 Å². The molecule has 0 aromatic heterocycles. The van der Waals surface area contributed by atoms with E-state index in [0.717, 1.165) is 11.1 Å². The first-order valence-electron chi connectivity index (χ1n) is 8.57. The highest BCUT2D eigenvalue weighted by molar-refractivity contribution is 8.03. The fourth-order valence-electron chi connectivity index (χ4n) is 3.08. The van der Waals surface area contributed by atoms with Gasteiger partial charge in [-0.3, -0.25) is 4.79 Å². The second kappa shape index (κ2) is 6.64. The summed E-state index contributed by atoms with van der Waals surface area (Å²) < 4.78 is 39.8. The summed E-state index contributed by atoms with van der Waals surface area (Å²) in [7, 11) is 0. The summed E-state index contributed by atoms with van der Waals surface area (Å²) in [5.74, 6) is -0.971. The van der Waals surface area contributed by atoms with Gasteiger partial charge in [0.05, 0.1) is 5.70 Å². The molecule has 1 atom stereocenters. The highest BCUT2D eigenvalue weighted by Crippen LogP contribution is 2.58. The maximum Gasteiger partial charge on any atom is 0.403 e. The summed E-state index contributed by atoms with van der Waals surface area (Å²) in [4.78, 5) is 12.4. The lowest BCUT2D eigenvalue weighted by atomic mass is 10.1. The van der Waals surface area contributed by atoms with Gasteiger partial charge in [-0.15, -0.1) is 0 Å². The Bertz CT molecular complexity index is 877. The summed E-state index contributed by atoms with van der Waals surface area (Å²) >= 11 is 1.32. The van der Waals surface area contributed by atoms with Crippen molar-refractivity contribution in [2.75, 3.05) is 0 Å². The second-order valence-corrected chi connectivity index (χ2v) is 7.77. The molecule has 0 bridgehead atoms. The van der Waals surface area contributed by atoms with Gasteiger partial charge in [-0.2, -0.15) is 13.2 Å². The zero-order chi connectivity index (χ0) is 19.1. The maximum atomic E-state index is 13.3. The number of alkyl halides is 3. The van der Waals surface area contributed by atoms with E-state index in [1.807, 2.05) is 60.7 Å². The lowest BCUT2D eigenvalue weighted by molar-refractivity contribution is -0.191. The monoisotopic (exact) mass is 390 g/mol. The predicted molar refractivity (Wildman–Crippen MR) is 99.1 cm³/mol. The fraction of sp³-hybridized carbons (Fsp3) is 0.250. The van der Waals surface area contributed by atoms with E-state index in [0.29, 0.717) is 10.7 Å². The maximum absolute atomic E-state index is 13.3. The van der Waals surface area contributed by atoms with Gasteiger partial charge in [0.1, 0.15) is 15.8 Å². The molecule has 1 heterocycles. The number of nitrogens with one attached hydrogen (secondary N) is 2. The van der Waals surface area contributed by atoms with Gasteiger partial charge in [-0.25, -0.2) is 0 Å². The Morgan fingerprint density at radius 3 is 2.19 bits per heavy atom. The van der Waals surface area contributed by atoms with Crippen LogP contribution in [0.25, 0.3) is 5.70 Å². The SMILES string of the molecule is O=C(NC1=C(c2ccccc2)NC(c2ccccc2)S1)C1(C(F)(F)F)CC1. The van der Waals surface area contributed by atoms with Crippen molar-refractivity contribution in [1.82, 2.24) is 10.6 Å². The molecule has 1 aliphatic carbocycles. The molecule has 1 amide bonds. The number of rotatable bonds is 4. The Hall–Kier alpha value is -2.41. The summed E-state index contributed by atoms with van der Waals surface area (Å²) in [6.45, 7) is 0. The molecular formula is C20H17F3N2OS. The standard InChI is InChI=1S/C20H17F3N2OS/c21-20(22,23)19(11-12-19)18(26)25-17-15(13-7-3-1-4-8-13)24-16(27-17)14-9-5-2-6-10-14/h1-10,16,24H,11-12H2,(H,25,26). The molecule has 140 valence electrons. The molecule has 1 saturated carbocycles. The van der Waals surface area contributed by atoms with Gasteiger partial charge in [0.15, 0.2) is 0 Å². The number of carbonyl (C=O) groups is 1. The molecule has 1 fully saturated rings. The first-order valence-corrected chi connectivity index (χ1v) is 9.45. The molecule has 7 heteroatoms. The molecule has 27 heavy (non-hydrogen) atoms. The van der Waals surface area contributed by atoms with Gasteiger partial charge in [0.25, 0.3) is 0 Å². The van der Waals surface area contributed by atoms with Gasteiger partial charge in [0.2, 0.25) is 5.91 Å². The van der Waals surface area contributed by atoms with Crippen LogP contribution in [0.4, 0.5) is 13.2 Å². The third-order valence-electron chi connectivity index (χ3n) is 4.86. The molecule has 0 saturated heterocycles. The van der Waals surface area contributed by atoms with Crippen LogP contribution >= 0.6 is 11.8 Å². The predicted octanol–water partition coefficient (Wildman–Crippen LogP) is 4.81. The van der Waals surface area contributed by atoms with Crippen LogP contribution in [0.5, 0.6) is 0 Å². The van der Waals surface area contributed by atoms with Gasteiger partial charge < -0.3 is 10.6 Å². The Morgan fingerprint density at radius 2 is 1.63 bits per heavy atom. The third kappa shape index (κ3) is 3.32. The fourth-order valence-corrected chi connectivity index (χ4v) is 4.23. The van der Waals surface area contributed by atoms with Crippen LogP contribution in [0.1, 0.15) is 29.3 Å².